The molecule has 0 bridgehead atoms. The molecule has 6 heteroatoms. The minimum absolute atomic E-state index is 0. The summed E-state index contributed by atoms with van der Waals surface area (Å²) in [6, 6.07) is 0. The molecule has 0 atom stereocenters. The SMILES string of the molecule is [Ni].[Ni].[O]=[Co].[S]=[Co]. The van der Waals surface area contributed by atoms with Crippen LogP contribution in [0.4, 0.5) is 0 Å². The van der Waals surface area contributed by atoms with E-state index in [0.717, 1.165) is 0 Å². The summed E-state index contributed by atoms with van der Waals surface area (Å²) in [7, 11) is 3.77. The number of hydrogen-bond acceptors (Lipinski definition) is 2. The van der Waals surface area contributed by atoms with Gasteiger partial charge in [-0.05, 0) is 0 Å². The second-order valence-corrected chi connectivity index (χ2v) is 0. The van der Waals surface area contributed by atoms with Crippen LogP contribution < -0.4 is 0 Å². The van der Waals surface area contributed by atoms with Crippen molar-refractivity contribution in [1.82, 2.24) is 0 Å². The fraction of sp³-hybridized carbons (Fsp3) is 0. The Morgan fingerprint density at radius 2 is 1.00 bits per heavy atom. The maximum absolute atomic E-state index is 7.94. The quantitative estimate of drug-likeness (QED) is 0.603. The molecular formula is Co2Ni2OS. The van der Waals surface area contributed by atoms with Crippen LogP contribution in [0.5, 0.6) is 0 Å². The Bertz CT molecular complexity index is 13.5. The molecule has 0 unspecified atom stereocenters. The van der Waals surface area contributed by atoms with E-state index in [0.29, 0.717) is 0 Å². The first-order chi connectivity index (χ1) is 2.00. The first-order valence-corrected chi connectivity index (χ1v) is 2.24. The van der Waals surface area contributed by atoms with Crippen LogP contribution in [-0.4, -0.2) is 0 Å². The summed E-state index contributed by atoms with van der Waals surface area (Å²) in [6.07, 6.45) is 0. The number of hydrogen-bond donors (Lipinski definition) is 0. The van der Waals surface area contributed by atoms with Crippen molar-refractivity contribution < 1.29 is 66.6 Å². The standard InChI is InChI=1S/2Co.2Ni.O.S. The molecule has 1 nitrogen and oxygen atoms in total. The molecule has 0 radical (unpaired) electrons. The molecule has 0 aromatic carbocycles. The van der Waals surface area contributed by atoms with Crippen LogP contribution in [-0.2, 0) is 66.6 Å². The van der Waals surface area contributed by atoms with Gasteiger partial charge in [-0.2, -0.15) is 0 Å². The summed E-state index contributed by atoms with van der Waals surface area (Å²) in [5.74, 6) is 0. The zero-order valence-corrected chi connectivity index (χ0v) is 6.99. The van der Waals surface area contributed by atoms with Gasteiger partial charge in [0.05, 0.1) is 0 Å². The van der Waals surface area contributed by atoms with Crippen LogP contribution >= 0.6 is 10.6 Å². The molecular weight excluding hydrogens is 283 g/mol. The van der Waals surface area contributed by atoms with Crippen molar-refractivity contribution in [3.63, 3.8) is 0 Å². The molecule has 0 aliphatic heterocycles. The van der Waals surface area contributed by atoms with Gasteiger partial charge in [-0.25, -0.2) is 0 Å². The Morgan fingerprint density at radius 3 is 1.00 bits per heavy atom. The van der Waals surface area contributed by atoms with Crippen LogP contribution in [0.15, 0.2) is 0 Å². The summed E-state index contributed by atoms with van der Waals surface area (Å²) < 4.78 is 7.94. The second-order valence-electron chi connectivity index (χ2n) is 0. The summed E-state index contributed by atoms with van der Waals surface area (Å²) >= 11 is 5.46. The molecule has 0 spiro atoms. The molecule has 0 aromatic rings. The van der Waals surface area contributed by atoms with E-state index in [9.17, 15) is 0 Å². The fourth-order valence-electron chi connectivity index (χ4n) is 0. The third-order valence-electron chi connectivity index (χ3n) is 0. The summed E-state index contributed by atoms with van der Waals surface area (Å²) in [4.78, 5) is 0. The van der Waals surface area contributed by atoms with Gasteiger partial charge in [0, 0.05) is 33.0 Å². The third-order valence-corrected chi connectivity index (χ3v) is 0. The number of rotatable bonds is 0. The molecule has 0 aromatic heterocycles. The van der Waals surface area contributed by atoms with E-state index in [-0.39, 0.29) is 33.0 Å². The van der Waals surface area contributed by atoms with Gasteiger partial charge in [-0.1, -0.05) is 0 Å². The van der Waals surface area contributed by atoms with E-state index in [4.69, 9.17) is 3.87 Å². The zero-order valence-electron chi connectivity index (χ0n) is 2.12. The van der Waals surface area contributed by atoms with Crippen LogP contribution in [0, 0.1) is 0 Å². The van der Waals surface area contributed by atoms with Crippen LogP contribution in [0.3, 0.4) is 0 Å². The Labute approximate surface area is 76.5 Å². The molecule has 0 N–H and O–H groups in total. The molecule has 0 aliphatic rings. The average Bonchev–Trinajstić information content (AvgIpc) is 1.50. The Hall–Kier alpha value is 2.02. The van der Waals surface area contributed by atoms with E-state index in [1.807, 2.05) is 0 Å². The molecule has 0 saturated heterocycles. The second kappa shape index (κ2) is 62.3. The van der Waals surface area contributed by atoms with Gasteiger partial charge in [0.2, 0.25) is 0 Å². The molecule has 0 aliphatic carbocycles. The third kappa shape index (κ3) is 37.2. The zero-order chi connectivity index (χ0) is 4.00. The van der Waals surface area contributed by atoms with Crippen molar-refractivity contribution in [3.05, 3.63) is 0 Å². The van der Waals surface area contributed by atoms with Crippen molar-refractivity contribution >= 4 is 10.6 Å². The summed E-state index contributed by atoms with van der Waals surface area (Å²) in [5, 5.41) is 0. The first-order valence-electron chi connectivity index (χ1n) is 0.272. The molecule has 0 saturated carbocycles. The molecule has 50 valence electrons. The predicted octanol–water partition coefficient (Wildman–Crippen LogP) is 0.519. The van der Waals surface area contributed by atoms with Gasteiger partial charge < -0.3 is 0 Å². The van der Waals surface area contributed by atoms with E-state index in [1.54, 1.807) is 0 Å². The molecule has 0 amide bonds. The Kier molecular flexibility index (Phi) is 254. The van der Waals surface area contributed by atoms with Gasteiger partial charge in [-0.15, -0.1) is 0 Å². The van der Waals surface area contributed by atoms with E-state index in [2.05, 4.69) is 40.4 Å². The molecule has 0 rings (SSSR count). The Balaban J connectivity index is -0.00000000500. The fourth-order valence-corrected chi connectivity index (χ4v) is 0. The predicted molar refractivity (Wildman–Crippen MR) is 8.28 cm³/mol. The minimum atomic E-state index is 0. The van der Waals surface area contributed by atoms with Crippen molar-refractivity contribution in [1.29, 1.82) is 0 Å². The van der Waals surface area contributed by atoms with Crippen molar-refractivity contribution in [2.45, 2.75) is 0 Å². The summed E-state index contributed by atoms with van der Waals surface area (Å²) in [5.41, 5.74) is 0. The molecule has 0 fully saturated rings. The van der Waals surface area contributed by atoms with Gasteiger partial charge in [0.25, 0.3) is 0 Å². The van der Waals surface area contributed by atoms with Crippen molar-refractivity contribution in [3.8, 4) is 0 Å². The van der Waals surface area contributed by atoms with Crippen LogP contribution in [0.2, 0.25) is 0 Å². The van der Waals surface area contributed by atoms with Gasteiger partial charge in [0.15, 0.2) is 0 Å². The summed E-state index contributed by atoms with van der Waals surface area (Å²) in [6.45, 7) is 0. The monoisotopic (exact) mass is 282 g/mol. The van der Waals surface area contributed by atoms with Crippen LogP contribution in [0.25, 0.3) is 0 Å². The van der Waals surface area contributed by atoms with Crippen molar-refractivity contribution in [2.75, 3.05) is 0 Å². The maximum atomic E-state index is 7.94. The topological polar surface area (TPSA) is 17.1 Å². The van der Waals surface area contributed by atoms with Gasteiger partial charge in [0.1, 0.15) is 0 Å². The van der Waals surface area contributed by atoms with Gasteiger partial charge in [-0.3, -0.25) is 0 Å². The van der Waals surface area contributed by atoms with E-state index in [1.165, 1.54) is 0 Å². The van der Waals surface area contributed by atoms with E-state index >= 15 is 0 Å². The average molecular weight is 283 g/mol. The van der Waals surface area contributed by atoms with Crippen LogP contribution in [0.1, 0.15) is 0 Å². The molecule has 0 heterocycles. The van der Waals surface area contributed by atoms with Gasteiger partial charge >= 0.3 is 44.3 Å². The molecule has 6 heavy (non-hydrogen) atoms. The first kappa shape index (κ1) is 24.5. The van der Waals surface area contributed by atoms with E-state index < -0.39 is 0 Å². The normalized spacial score (nSPS) is 1.67. The Morgan fingerprint density at radius 1 is 1.00 bits per heavy atom. The van der Waals surface area contributed by atoms with Crippen molar-refractivity contribution in [2.24, 2.45) is 0 Å².